The van der Waals surface area contributed by atoms with E-state index in [0.29, 0.717) is 17.6 Å². The number of rotatable bonds is 7. The van der Waals surface area contributed by atoms with Crippen LogP contribution < -0.4 is 5.48 Å². The smallest absolute Gasteiger partial charge is 0.274 e. The Kier molecular flexibility index (Phi) is 8.34. The maximum Gasteiger partial charge on any atom is 0.274 e. The predicted octanol–water partition coefficient (Wildman–Crippen LogP) is 2.65. The maximum absolute atomic E-state index is 11.5. The first-order valence-corrected chi connectivity index (χ1v) is 12.4. The van der Waals surface area contributed by atoms with Crippen LogP contribution in [-0.2, 0) is 19.6 Å². The summed E-state index contributed by atoms with van der Waals surface area (Å²) in [4.78, 5) is 21.6. The molecule has 2 fully saturated rings. The summed E-state index contributed by atoms with van der Waals surface area (Å²) in [6.45, 7) is 14.2. The summed E-state index contributed by atoms with van der Waals surface area (Å²) < 4.78 is 0. The Morgan fingerprint density at radius 1 is 0.853 bits per heavy atom. The summed E-state index contributed by atoms with van der Waals surface area (Å²) in [5, 5.41) is 8.79. The van der Waals surface area contributed by atoms with Gasteiger partial charge < -0.3 is 4.90 Å². The molecule has 2 aromatic carbocycles. The van der Waals surface area contributed by atoms with Crippen molar-refractivity contribution in [2.24, 2.45) is 0 Å². The Morgan fingerprint density at radius 2 is 1.44 bits per heavy atom. The summed E-state index contributed by atoms with van der Waals surface area (Å²) in [5.41, 5.74) is 6.15. The SMILES string of the molecule is C[C@@H]1CN(Cc2ccc(C(=O)NO)cc2)C[C@H](C)N1Cc1cccc(CN2CCN(C)CC2)c1. The highest BCUT2D eigenvalue weighted by atomic mass is 16.5. The summed E-state index contributed by atoms with van der Waals surface area (Å²) >= 11 is 0. The molecule has 34 heavy (non-hydrogen) atoms. The molecule has 2 aliphatic rings. The van der Waals surface area contributed by atoms with Gasteiger partial charge >= 0.3 is 0 Å². The van der Waals surface area contributed by atoms with Gasteiger partial charge in [-0.25, -0.2) is 5.48 Å². The summed E-state index contributed by atoms with van der Waals surface area (Å²) in [7, 11) is 2.20. The highest BCUT2D eigenvalue weighted by Crippen LogP contribution is 2.22. The zero-order valence-corrected chi connectivity index (χ0v) is 20.8. The molecule has 0 unspecified atom stereocenters. The quantitative estimate of drug-likeness (QED) is 0.484. The maximum atomic E-state index is 11.5. The topological polar surface area (TPSA) is 62.3 Å². The lowest BCUT2D eigenvalue weighted by Crippen LogP contribution is -2.55. The molecule has 184 valence electrons. The van der Waals surface area contributed by atoms with Gasteiger partial charge in [-0.2, -0.15) is 0 Å². The summed E-state index contributed by atoms with van der Waals surface area (Å²) in [5.74, 6) is -0.477. The average molecular weight is 466 g/mol. The van der Waals surface area contributed by atoms with Crippen molar-refractivity contribution in [1.82, 2.24) is 25.1 Å². The number of carbonyl (C=O) groups is 1. The molecule has 2 heterocycles. The van der Waals surface area contributed by atoms with Gasteiger partial charge in [-0.15, -0.1) is 0 Å². The number of benzene rings is 2. The molecule has 7 heteroatoms. The van der Waals surface area contributed by atoms with Crippen LogP contribution in [0.25, 0.3) is 0 Å². The van der Waals surface area contributed by atoms with Crippen molar-refractivity contribution in [3.05, 3.63) is 70.8 Å². The third-order valence-corrected chi connectivity index (χ3v) is 7.26. The number of amides is 1. The molecule has 0 saturated carbocycles. The van der Waals surface area contributed by atoms with Crippen LogP contribution in [-0.4, -0.2) is 89.1 Å². The summed E-state index contributed by atoms with van der Waals surface area (Å²) in [6.07, 6.45) is 0. The molecule has 0 aromatic heterocycles. The first-order valence-electron chi connectivity index (χ1n) is 12.4. The zero-order valence-electron chi connectivity index (χ0n) is 20.8. The van der Waals surface area contributed by atoms with E-state index < -0.39 is 5.91 Å². The number of carbonyl (C=O) groups excluding carboxylic acids is 1. The Hall–Kier alpha value is -2.29. The standard InChI is InChI=1S/C27H39N5O2/c1-21-16-31(18-23-7-9-26(10-8-23)27(33)28-34)17-22(2)32(21)20-25-6-4-5-24(15-25)19-30-13-11-29(3)12-14-30/h4-10,15,21-22,34H,11-14,16-20H2,1-3H3,(H,28,33)/t21-,22+. The number of hydrogen-bond acceptors (Lipinski definition) is 6. The minimum absolute atomic E-state index is 0.462. The van der Waals surface area contributed by atoms with Crippen LogP contribution in [0.2, 0.25) is 0 Å². The van der Waals surface area contributed by atoms with Gasteiger partial charge in [0.2, 0.25) is 0 Å². The number of likely N-dealkylation sites (N-methyl/N-ethyl adjacent to an activating group) is 1. The van der Waals surface area contributed by atoms with E-state index in [1.54, 1.807) is 17.6 Å². The summed E-state index contributed by atoms with van der Waals surface area (Å²) in [6, 6.07) is 17.5. The lowest BCUT2D eigenvalue weighted by molar-refractivity contribution is 0.0290. The molecular weight excluding hydrogens is 426 g/mol. The Labute approximate surface area is 203 Å². The zero-order chi connectivity index (χ0) is 24.1. The molecule has 1 amide bonds. The Morgan fingerprint density at radius 3 is 2.06 bits per heavy atom. The van der Waals surface area contributed by atoms with Crippen molar-refractivity contribution in [2.45, 2.75) is 45.6 Å². The third kappa shape index (κ3) is 6.43. The minimum atomic E-state index is -0.477. The molecule has 2 atom stereocenters. The monoisotopic (exact) mass is 465 g/mol. The van der Waals surface area contributed by atoms with Gasteiger partial charge in [0.1, 0.15) is 0 Å². The molecule has 2 aliphatic heterocycles. The van der Waals surface area contributed by atoms with E-state index >= 15 is 0 Å². The molecule has 2 saturated heterocycles. The number of nitrogens with one attached hydrogen (secondary N) is 1. The molecule has 7 nitrogen and oxygen atoms in total. The first kappa shape index (κ1) is 24.8. The first-order chi connectivity index (χ1) is 16.4. The van der Waals surface area contributed by atoms with Crippen LogP contribution in [0.15, 0.2) is 48.5 Å². The van der Waals surface area contributed by atoms with Crippen molar-refractivity contribution < 1.29 is 10.0 Å². The predicted molar refractivity (Wildman–Crippen MR) is 135 cm³/mol. The highest BCUT2D eigenvalue weighted by Gasteiger charge is 2.29. The number of piperazine rings is 2. The molecular formula is C27H39N5O2. The highest BCUT2D eigenvalue weighted by molar-refractivity contribution is 5.93. The van der Waals surface area contributed by atoms with E-state index in [9.17, 15) is 4.79 Å². The fraction of sp³-hybridized carbons (Fsp3) is 0.519. The van der Waals surface area contributed by atoms with Crippen molar-refractivity contribution in [3.8, 4) is 0 Å². The van der Waals surface area contributed by atoms with Crippen LogP contribution in [0.1, 0.15) is 40.9 Å². The molecule has 0 spiro atoms. The van der Waals surface area contributed by atoms with Gasteiger partial charge in [-0.3, -0.25) is 24.7 Å². The van der Waals surface area contributed by atoms with Crippen molar-refractivity contribution >= 4 is 5.91 Å². The van der Waals surface area contributed by atoms with E-state index in [2.05, 4.69) is 64.8 Å². The van der Waals surface area contributed by atoms with Crippen molar-refractivity contribution in [2.75, 3.05) is 46.3 Å². The Bertz CT molecular complexity index is 930. The van der Waals surface area contributed by atoms with Crippen LogP contribution in [0.4, 0.5) is 0 Å². The van der Waals surface area contributed by atoms with E-state index in [-0.39, 0.29) is 0 Å². The second-order valence-corrected chi connectivity index (χ2v) is 10.1. The van der Waals surface area contributed by atoms with Gasteiger partial charge in [0.25, 0.3) is 5.91 Å². The van der Waals surface area contributed by atoms with E-state index in [4.69, 9.17) is 5.21 Å². The molecule has 2 aromatic rings. The molecule has 0 radical (unpaired) electrons. The van der Waals surface area contributed by atoms with Gasteiger partial charge in [0.15, 0.2) is 0 Å². The van der Waals surface area contributed by atoms with E-state index in [0.717, 1.165) is 58.9 Å². The fourth-order valence-electron chi connectivity index (χ4n) is 5.29. The average Bonchev–Trinajstić information content (AvgIpc) is 2.83. The van der Waals surface area contributed by atoms with Crippen molar-refractivity contribution in [1.29, 1.82) is 0 Å². The largest absolute Gasteiger partial charge is 0.304 e. The molecule has 4 rings (SSSR count). The van der Waals surface area contributed by atoms with Crippen LogP contribution in [0.3, 0.4) is 0 Å². The van der Waals surface area contributed by atoms with Crippen LogP contribution in [0, 0.1) is 0 Å². The second-order valence-electron chi connectivity index (χ2n) is 10.1. The van der Waals surface area contributed by atoms with E-state index in [1.165, 1.54) is 16.7 Å². The Balaban J connectivity index is 1.32. The number of hydroxylamine groups is 1. The molecule has 2 N–H and O–H groups in total. The lowest BCUT2D eigenvalue weighted by Gasteiger charge is -2.44. The fourth-order valence-corrected chi connectivity index (χ4v) is 5.29. The molecule has 0 bridgehead atoms. The normalized spacial score (nSPS) is 23.2. The molecule has 0 aliphatic carbocycles. The van der Waals surface area contributed by atoms with E-state index in [1.807, 2.05) is 12.1 Å². The van der Waals surface area contributed by atoms with Gasteiger partial charge in [-0.1, -0.05) is 36.4 Å². The van der Waals surface area contributed by atoms with Gasteiger partial charge in [0.05, 0.1) is 0 Å². The van der Waals surface area contributed by atoms with Crippen molar-refractivity contribution in [3.63, 3.8) is 0 Å². The second kappa shape index (κ2) is 11.4. The van der Waals surface area contributed by atoms with Gasteiger partial charge in [0, 0.05) is 76.5 Å². The lowest BCUT2D eigenvalue weighted by atomic mass is 10.0. The third-order valence-electron chi connectivity index (χ3n) is 7.26. The van der Waals surface area contributed by atoms with Gasteiger partial charge in [-0.05, 0) is 49.7 Å². The number of hydrogen-bond donors (Lipinski definition) is 2. The number of nitrogens with zero attached hydrogens (tertiary/aromatic N) is 4. The minimum Gasteiger partial charge on any atom is -0.304 e. The van der Waals surface area contributed by atoms with Crippen LogP contribution in [0.5, 0.6) is 0 Å². The van der Waals surface area contributed by atoms with Crippen LogP contribution >= 0.6 is 0 Å².